The summed E-state index contributed by atoms with van der Waals surface area (Å²) >= 11 is 1.52. The van der Waals surface area contributed by atoms with Crippen LogP contribution in [0.5, 0.6) is 0 Å². The zero-order valence-electron chi connectivity index (χ0n) is 13.9. The van der Waals surface area contributed by atoms with Crippen molar-refractivity contribution < 1.29 is 14.5 Å². The quantitative estimate of drug-likeness (QED) is 0.411. The van der Waals surface area contributed by atoms with Gasteiger partial charge in [0.2, 0.25) is 5.82 Å². The van der Waals surface area contributed by atoms with Gasteiger partial charge in [0.25, 0.3) is 0 Å². The number of carbonyl (C=O) groups excluding carboxylic acids is 1. The smallest absolute Gasteiger partial charge is 0.339 e. The first-order valence-electron chi connectivity index (χ1n) is 7.50. The van der Waals surface area contributed by atoms with Crippen LogP contribution < -0.4 is 5.32 Å². The number of aryl methyl sites for hydroxylation is 1. The van der Waals surface area contributed by atoms with Crippen LogP contribution in [0.2, 0.25) is 0 Å². The number of benzene rings is 1. The molecule has 132 valence electrons. The second-order valence-corrected chi connectivity index (χ2v) is 6.20. The number of nitro groups is 1. The summed E-state index contributed by atoms with van der Waals surface area (Å²) in [5, 5.41) is 17.1. The molecule has 1 aromatic carbocycles. The van der Waals surface area contributed by atoms with Gasteiger partial charge in [0.1, 0.15) is 5.01 Å². The van der Waals surface area contributed by atoms with Crippen molar-refractivity contribution >= 4 is 34.5 Å². The summed E-state index contributed by atoms with van der Waals surface area (Å²) < 4.78 is 4.57. The summed E-state index contributed by atoms with van der Waals surface area (Å²) in [6.07, 6.45) is 1.23. The van der Waals surface area contributed by atoms with Crippen LogP contribution in [0, 0.1) is 17.0 Å². The van der Waals surface area contributed by atoms with E-state index < -0.39 is 10.9 Å². The van der Waals surface area contributed by atoms with Crippen molar-refractivity contribution in [1.82, 2.24) is 9.97 Å². The second kappa shape index (κ2) is 7.28. The van der Waals surface area contributed by atoms with Gasteiger partial charge in [-0.15, -0.1) is 11.3 Å². The van der Waals surface area contributed by atoms with Gasteiger partial charge in [-0.05, 0) is 19.1 Å². The van der Waals surface area contributed by atoms with E-state index in [2.05, 4.69) is 20.0 Å². The molecule has 0 radical (unpaired) electrons. The third kappa shape index (κ3) is 3.67. The van der Waals surface area contributed by atoms with Crippen molar-refractivity contribution in [3.8, 4) is 10.6 Å². The Morgan fingerprint density at radius 2 is 2.15 bits per heavy atom. The molecule has 0 saturated carbocycles. The molecule has 0 aliphatic carbocycles. The SMILES string of the molecule is COC(=O)c1cnc(Nc2cccc(-c3nc(C)cs3)c2)c([N+](=O)[O-])c1. The number of aromatic nitrogens is 2. The van der Waals surface area contributed by atoms with Crippen LogP contribution in [-0.2, 0) is 4.74 Å². The molecular weight excluding hydrogens is 356 g/mol. The van der Waals surface area contributed by atoms with Crippen LogP contribution in [0.3, 0.4) is 0 Å². The van der Waals surface area contributed by atoms with Crippen LogP contribution in [0.4, 0.5) is 17.2 Å². The lowest BCUT2D eigenvalue weighted by Gasteiger charge is -2.08. The monoisotopic (exact) mass is 370 g/mol. The van der Waals surface area contributed by atoms with Crippen LogP contribution in [0.25, 0.3) is 10.6 Å². The first-order chi connectivity index (χ1) is 12.5. The van der Waals surface area contributed by atoms with Gasteiger partial charge < -0.3 is 10.1 Å². The van der Waals surface area contributed by atoms with Crippen molar-refractivity contribution in [3.63, 3.8) is 0 Å². The van der Waals surface area contributed by atoms with Crippen LogP contribution in [0.15, 0.2) is 41.9 Å². The Hall–Kier alpha value is -3.33. The van der Waals surface area contributed by atoms with E-state index >= 15 is 0 Å². The number of hydrogen-bond donors (Lipinski definition) is 1. The summed E-state index contributed by atoms with van der Waals surface area (Å²) in [5.41, 5.74) is 2.14. The maximum atomic E-state index is 11.6. The topological polar surface area (TPSA) is 107 Å². The Morgan fingerprint density at radius 1 is 1.35 bits per heavy atom. The minimum atomic E-state index is -0.687. The molecule has 0 aliphatic rings. The number of thiazole rings is 1. The van der Waals surface area contributed by atoms with E-state index in [1.807, 2.05) is 30.5 Å². The minimum Gasteiger partial charge on any atom is -0.465 e. The molecule has 0 aliphatic heterocycles. The first kappa shape index (κ1) is 17.5. The fourth-order valence-electron chi connectivity index (χ4n) is 2.27. The van der Waals surface area contributed by atoms with E-state index in [-0.39, 0.29) is 17.1 Å². The van der Waals surface area contributed by atoms with Gasteiger partial charge in [-0.25, -0.2) is 14.8 Å². The van der Waals surface area contributed by atoms with Crippen molar-refractivity contribution in [2.24, 2.45) is 0 Å². The van der Waals surface area contributed by atoms with Crippen molar-refractivity contribution in [2.75, 3.05) is 12.4 Å². The Kier molecular flexibility index (Phi) is 4.90. The van der Waals surface area contributed by atoms with E-state index in [9.17, 15) is 14.9 Å². The number of anilines is 2. The summed E-state index contributed by atoms with van der Waals surface area (Å²) in [5.74, 6) is -0.650. The van der Waals surface area contributed by atoms with Gasteiger partial charge in [0.05, 0.1) is 17.6 Å². The van der Waals surface area contributed by atoms with Crippen molar-refractivity contribution in [2.45, 2.75) is 6.92 Å². The standard InChI is InChI=1S/C17H14N4O4S/c1-10-9-26-16(19-10)11-4-3-5-13(6-11)20-15-14(21(23)24)7-12(8-18-15)17(22)25-2/h3-9H,1-2H3,(H,18,20). The lowest BCUT2D eigenvalue weighted by Crippen LogP contribution is -2.06. The summed E-state index contributed by atoms with van der Waals surface area (Å²) in [7, 11) is 1.20. The Labute approximate surface area is 152 Å². The molecule has 0 unspecified atom stereocenters. The highest BCUT2D eigenvalue weighted by Crippen LogP contribution is 2.30. The number of nitrogens with zero attached hydrogens (tertiary/aromatic N) is 3. The molecule has 0 saturated heterocycles. The van der Waals surface area contributed by atoms with Gasteiger partial charge >= 0.3 is 11.7 Å². The highest BCUT2D eigenvalue weighted by molar-refractivity contribution is 7.13. The molecule has 3 rings (SSSR count). The zero-order chi connectivity index (χ0) is 18.7. The first-order valence-corrected chi connectivity index (χ1v) is 8.38. The van der Waals surface area contributed by atoms with Crippen molar-refractivity contribution in [1.29, 1.82) is 0 Å². The number of carbonyl (C=O) groups is 1. The fourth-order valence-corrected chi connectivity index (χ4v) is 3.07. The normalized spacial score (nSPS) is 10.4. The molecule has 0 fully saturated rings. The summed E-state index contributed by atoms with van der Waals surface area (Å²) in [4.78, 5) is 30.7. The van der Waals surface area contributed by atoms with E-state index in [4.69, 9.17) is 0 Å². The van der Waals surface area contributed by atoms with Crippen LogP contribution in [-0.4, -0.2) is 28.0 Å². The van der Waals surface area contributed by atoms with E-state index in [0.717, 1.165) is 22.3 Å². The van der Waals surface area contributed by atoms with Gasteiger partial charge in [0, 0.05) is 34.6 Å². The number of rotatable bonds is 5. The highest BCUT2D eigenvalue weighted by atomic mass is 32.1. The average Bonchev–Trinajstić information content (AvgIpc) is 3.08. The zero-order valence-corrected chi connectivity index (χ0v) is 14.7. The van der Waals surface area contributed by atoms with Gasteiger partial charge in [-0.1, -0.05) is 12.1 Å². The number of nitrogens with one attached hydrogen (secondary N) is 1. The third-order valence-corrected chi connectivity index (χ3v) is 4.49. The average molecular weight is 370 g/mol. The highest BCUT2D eigenvalue weighted by Gasteiger charge is 2.20. The van der Waals surface area contributed by atoms with Crippen LogP contribution in [0.1, 0.15) is 16.1 Å². The van der Waals surface area contributed by atoms with Gasteiger partial charge in [-0.2, -0.15) is 0 Å². The predicted molar refractivity (Wildman–Crippen MR) is 97.8 cm³/mol. The number of esters is 1. The molecule has 9 heteroatoms. The number of pyridine rings is 1. The molecule has 0 atom stereocenters. The number of methoxy groups -OCH3 is 1. The molecule has 2 heterocycles. The minimum absolute atomic E-state index is 0.0109. The largest absolute Gasteiger partial charge is 0.465 e. The molecule has 26 heavy (non-hydrogen) atoms. The molecule has 0 spiro atoms. The fraction of sp³-hybridized carbons (Fsp3) is 0.118. The molecule has 0 amide bonds. The Morgan fingerprint density at radius 3 is 2.81 bits per heavy atom. The summed E-state index contributed by atoms with van der Waals surface area (Å²) in [6.45, 7) is 1.91. The van der Waals surface area contributed by atoms with Gasteiger partial charge in [-0.3, -0.25) is 10.1 Å². The maximum Gasteiger partial charge on any atom is 0.339 e. The molecule has 1 N–H and O–H groups in total. The summed E-state index contributed by atoms with van der Waals surface area (Å²) in [6, 6.07) is 8.46. The number of hydrogen-bond acceptors (Lipinski definition) is 8. The van der Waals surface area contributed by atoms with Crippen molar-refractivity contribution in [3.05, 3.63) is 63.3 Å². The lowest BCUT2D eigenvalue weighted by molar-refractivity contribution is -0.384. The lowest BCUT2D eigenvalue weighted by atomic mass is 10.2. The van der Waals surface area contributed by atoms with E-state index in [1.165, 1.54) is 24.6 Å². The third-order valence-electron chi connectivity index (χ3n) is 3.48. The van der Waals surface area contributed by atoms with E-state index in [1.54, 1.807) is 6.07 Å². The van der Waals surface area contributed by atoms with Gasteiger partial charge in [0.15, 0.2) is 0 Å². The Bertz CT molecular complexity index is 986. The van der Waals surface area contributed by atoms with Crippen LogP contribution >= 0.6 is 11.3 Å². The molecular formula is C17H14N4O4S. The molecule has 2 aromatic heterocycles. The maximum absolute atomic E-state index is 11.6. The molecule has 3 aromatic rings. The van der Waals surface area contributed by atoms with E-state index in [0.29, 0.717) is 5.69 Å². The molecule has 8 nitrogen and oxygen atoms in total. The predicted octanol–water partition coefficient (Wildman–Crippen LogP) is 3.95. The second-order valence-electron chi connectivity index (χ2n) is 5.34. The molecule has 0 bridgehead atoms. The number of ether oxygens (including phenoxy) is 1. The Balaban J connectivity index is 1.93.